The highest BCUT2D eigenvalue weighted by atomic mass is 16.5. The maximum atomic E-state index is 5.08. The van der Waals surface area contributed by atoms with E-state index in [0.717, 1.165) is 31.9 Å². The molecule has 1 saturated heterocycles. The van der Waals surface area contributed by atoms with E-state index in [-0.39, 0.29) is 5.54 Å². The monoisotopic (exact) mass is 280 g/mol. The number of rotatable bonds is 6. The molecule has 0 aromatic carbocycles. The molecule has 1 fully saturated rings. The molecular weight excluding hydrogens is 252 g/mol. The number of ether oxygens (including phenoxy) is 1. The van der Waals surface area contributed by atoms with Crippen LogP contribution < -0.4 is 10.2 Å². The van der Waals surface area contributed by atoms with E-state index in [1.165, 1.54) is 24.2 Å². The zero-order valence-corrected chi connectivity index (χ0v) is 13.5. The van der Waals surface area contributed by atoms with Crippen molar-refractivity contribution < 1.29 is 4.74 Å². The minimum absolute atomic E-state index is 0.224. The lowest BCUT2D eigenvalue weighted by Gasteiger charge is -2.34. The molecular formula is C15H28N4O. The molecule has 1 aliphatic heterocycles. The third-order valence-electron chi connectivity index (χ3n) is 4.25. The fourth-order valence-electron chi connectivity index (χ4n) is 3.12. The van der Waals surface area contributed by atoms with Gasteiger partial charge >= 0.3 is 0 Å². The number of hydrogen-bond acceptors (Lipinski definition) is 4. The van der Waals surface area contributed by atoms with Crippen LogP contribution in [0.1, 0.15) is 37.9 Å². The SMILES string of the molecule is COCCNCc1c(C)nn(C)c1N1CCCC1(C)C. The van der Waals surface area contributed by atoms with Crippen molar-refractivity contribution in [3.8, 4) is 0 Å². The van der Waals surface area contributed by atoms with Gasteiger partial charge < -0.3 is 15.0 Å². The first-order valence-electron chi connectivity index (χ1n) is 7.47. The molecule has 0 radical (unpaired) electrons. The molecule has 0 spiro atoms. The van der Waals surface area contributed by atoms with Crippen LogP contribution >= 0.6 is 0 Å². The molecule has 1 aromatic heterocycles. The lowest BCUT2D eigenvalue weighted by molar-refractivity contribution is 0.199. The van der Waals surface area contributed by atoms with E-state index < -0.39 is 0 Å². The van der Waals surface area contributed by atoms with Crippen molar-refractivity contribution in [1.29, 1.82) is 0 Å². The molecule has 0 atom stereocenters. The van der Waals surface area contributed by atoms with Crippen LogP contribution in [0.25, 0.3) is 0 Å². The predicted molar refractivity (Wildman–Crippen MR) is 82.2 cm³/mol. The average molecular weight is 280 g/mol. The second kappa shape index (κ2) is 6.14. The lowest BCUT2D eigenvalue weighted by Crippen LogP contribution is -2.40. The summed E-state index contributed by atoms with van der Waals surface area (Å²) < 4.78 is 7.12. The topological polar surface area (TPSA) is 42.3 Å². The summed E-state index contributed by atoms with van der Waals surface area (Å²) in [5.41, 5.74) is 2.66. The molecule has 1 aromatic rings. The molecule has 0 unspecified atom stereocenters. The predicted octanol–water partition coefficient (Wildman–Crippen LogP) is 1.84. The summed E-state index contributed by atoms with van der Waals surface area (Å²) >= 11 is 0. The Morgan fingerprint density at radius 3 is 2.75 bits per heavy atom. The number of anilines is 1. The quantitative estimate of drug-likeness (QED) is 0.808. The average Bonchev–Trinajstić information content (AvgIpc) is 2.84. The summed E-state index contributed by atoms with van der Waals surface area (Å²) in [5, 5.41) is 8.07. The Balaban J connectivity index is 2.19. The Bertz CT molecular complexity index is 453. The van der Waals surface area contributed by atoms with Crippen molar-refractivity contribution in [1.82, 2.24) is 15.1 Å². The molecule has 0 bridgehead atoms. The summed E-state index contributed by atoms with van der Waals surface area (Å²) in [7, 11) is 3.78. The summed E-state index contributed by atoms with van der Waals surface area (Å²) in [4.78, 5) is 2.51. The van der Waals surface area contributed by atoms with Crippen molar-refractivity contribution in [2.75, 3.05) is 31.7 Å². The first-order valence-corrected chi connectivity index (χ1v) is 7.47. The van der Waals surface area contributed by atoms with Crippen molar-refractivity contribution in [3.05, 3.63) is 11.3 Å². The van der Waals surface area contributed by atoms with Crippen molar-refractivity contribution >= 4 is 5.82 Å². The molecule has 0 saturated carbocycles. The van der Waals surface area contributed by atoms with Gasteiger partial charge in [-0.25, -0.2) is 0 Å². The molecule has 20 heavy (non-hydrogen) atoms. The van der Waals surface area contributed by atoms with Crippen LogP contribution in [-0.2, 0) is 18.3 Å². The number of nitrogens with zero attached hydrogens (tertiary/aromatic N) is 3. The van der Waals surface area contributed by atoms with Crippen molar-refractivity contribution in [3.63, 3.8) is 0 Å². The smallest absolute Gasteiger partial charge is 0.131 e. The van der Waals surface area contributed by atoms with E-state index in [9.17, 15) is 0 Å². The van der Waals surface area contributed by atoms with Gasteiger partial charge in [-0.15, -0.1) is 0 Å². The van der Waals surface area contributed by atoms with E-state index in [2.05, 4.69) is 43.1 Å². The van der Waals surface area contributed by atoms with Gasteiger partial charge in [-0.2, -0.15) is 5.10 Å². The summed E-state index contributed by atoms with van der Waals surface area (Å²) in [5.74, 6) is 1.27. The molecule has 1 aliphatic rings. The molecule has 0 amide bonds. The van der Waals surface area contributed by atoms with Gasteiger partial charge in [-0.1, -0.05) is 0 Å². The zero-order chi connectivity index (χ0) is 14.8. The Morgan fingerprint density at radius 1 is 1.40 bits per heavy atom. The van der Waals surface area contributed by atoms with Crippen LogP contribution in [0.5, 0.6) is 0 Å². The molecule has 5 heteroatoms. The van der Waals surface area contributed by atoms with Gasteiger partial charge in [0.2, 0.25) is 0 Å². The second-order valence-electron chi connectivity index (χ2n) is 6.25. The van der Waals surface area contributed by atoms with Gasteiger partial charge in [-0.05, 0) is 33.6 Å². The van der Waals surface area contributed by atoms with Crippen LogP contribution in [-0.4, -0.2) is 42.1 Å². The van der Waals surface area contributed by atoms with Gasteiger partial charge in [0.1, 0.15) is 5.82 Å². The highest BCUT2D eigenvalue weighted by Gasteiger charge is 2.35. The van der Waals surface area contributed by atoms with Gasteiger partial charge in [0.15, 0.2) is 0 Å². The third kappa shape index (κ3) is 2.99. The van der Waals surface area contributed by atoms with E-state index in [4.69, 9.17) is 4.74 Å². The summed E-state index contributed by atoms with van der Waals surface area (Å²) in [6.07, 6.45) is 2.50. The summed E-state index contributed by atoms with van der Waals surface area (Å²) in [6.45, 7) is 10.3. The van der Waals surface area contributed by atoms with Crippen LogP contribution in [0.4, 0.5) is 5.82 Å². The molecule has 2 rings (SSSR count). The highest BCUT2D eigenvalue weighted by Crippen LogP contribution is 2.36. The Kier molecular flexibility index (Phi) is 4.70. The van der Waals surface area contributed by atoms with E-state index in [0.29, 0.717) is 0 Å². The molecule has 1 N–H and O–H groups in total. The first-order chi connectivity index (χ1) is 9.47. The van der Waals surface area contributed by atoms with Crippen LogP contribution in [0, 0.1) is 6.92 Å². The first kappa shape index (κ1) is 15.3. The number of aromatic nitrogens is 2. The summed E-state index contributed by atoms with van der Waals surface area (Å²) in [6, 6.07) is 0. The van der Waals surface area contributed by atoms with Crippen molar-refractivity contribution in [2.24, 2.45) is 7.05 Å². The van der Waals surface area contributed by atoms with E-state index >= 15 is 0 Å². The highest BCUT2D eigenvalue weighted by molar-refractivity contribution is 5.53. The van der Waals surface area contributed by atoms with E-state index in [1.807, 2.05) is 4.68 Å². The lowest BCUT2D eigenvalue weighted by atomic mass is 10.0. The molecule has 0 aliphatic carbocycles. The number of nitrogens with one attached hydrogen (secondary N) is 1. The van der Waals surface area contributed by atoms with Crippen LogP contribution in [0.3, 0.4) is 0 Å². The Morgan fingerprint density at radius 2 is 2.15 bits per heavy atom. The normalized spacial score (nSPS) is 17.9. The number of hydrogen-bond donors (Lipinski definition) is 1. The molecule has 114 valence electrons. The fourth-order valence-corrected chi connectivity index (χ4v) is 3.12. The number of methoxy groups -OCH3 is 1. The third-order valence-corrected chi connectivity index (χ3v) is 4.25. The van der Waals surface area contributed by atoms with Gasteiger partial charge in [0, 0.05) is 44.9 Å². The Hall–Kier alpha value is -1.07. The van der Waals surface area contributed by atoms with E-state index in [1.54, 1.807) is 7.11 Å². The van der Waals surface area contributed by atoms with Crippen molar-refractivity contribution in [2.45, 2.75) is 45.7 Å². The zero-order valence-electron chi connectivity index (χ0n) is 13.5. The minimum Gasteiger partial charge on any atom is -0.383 e. The largest absolute Gasteiger partial charge is 0.383 e. The second-order valence-corrected chi connectivity index (χ2v) is 6.25. The molecule has 2 heterocycles. The maximum Gasteiger partial charge on any atom is 0.131 e. The molecule has 5 nitrogen and oxygen atoms in total. The maximum absolute atomic E-state index is 5.08. The van der Waals surface area contributed by atoms with Crippen LogP contribution in [0.15, 0.2) is 0 Å². The van der Waals surface area contributed by atoms with Gasteiger partial charge in [0.25, 0.3) is 0 Å². The standard InChI is InChI=1S/C15H28N4O/c1-12-13(11-16-8-10-20-5)14(18(4)17-12)19-9-6-7-15(19,2)3/h16H,6-11H2,1-5H3. The van der Waals surface area contributed by atoms with Crippen LogP contribution in [0.2, 0.25) is 0 Å². The minimum atomic E-state index is 0.224. The van der Waals surface area contributed by atoms with Gasteiger partial charge in [-0.3, -0.25) is 4.68 Å². The van der Waals surface area contributed by atoms with Gasteiger partial charge in [0.05, 0.1) is 12.3 Å². The Labute approximate surface area is 122 Å². The fraction of sp³-hybridized carbons (Fsp3) is 0.800. The number of aryl methyl sites for hydroxylation is 2.